The lowest BCUT2D eigenvalue weighted by Crippen LogP contribution is -2.40. The minimum Gasteiger partial charge on any atom is -0.488 e. The highest BCUT2D eigenvalue weighted by atomic mass is 16.5. The van der Waals surface area contributed by atoms with E-state index in [9.17, 15) is 4.79 Å². The van der Waals surface area contributed by atoms with Crippen LogP contribution < -0.4 is 15.4 Å². The van der Waals surface area contributed by atoms with Gasteiger partial charge >= 0.3 is 0 Å². The molecule has 1 heterocycles. The monoisotopic (exact) mass is 364 g/mol. The van der Waals surface area contributed by atoms with Crippen molar-refractivity contribution >= 4 is 23.7 Å². The van der Waals surface area contributed by atoms with E-state index in [2.05, 4.69) is 41.3 Å². The van der Waals surface area contributed by atoms with Gasteiger partial charge in [-0.1, -0.05) is 36.4 Å². The molecule has 3 rings (SSSR count). The molecule has 27 heavy (non-hydrogen) atoms. The number of ether oxygens (including phenoxy) is 1. The first-order chi connectivity index (χ1) is 12.8. The average molecular weight is 364 g/mol. The topological polar surface area (TPSA) is 55.6 Å². The quantitative estimate of drug-likeness (QED) is 0.796. The van der Waals surface area contributed by atoms with Crippen LogP contribution >= 0.6 is 0 Å². The summed E-state index contributed by atoms with van der Waals surface area (Å²) in [5, 5.41) is 0. The highest BCUT2D eigenvalue weighted by Crippen LogP contribution is 2.26. The summed E-state index contributed by atoms with van der Waals surface area (Å²) in [6, 6.07) is 16.2. The Kier molecular flexibility index (Phi) is 5.54. The normalized spacial score (nSPS) is 17.4. The van der Waals surface area contributed by atoms with E-state index in [1.165, 1.54) is 0 Å². The largest absolute Gasteiger partial charge is 0.488 e. The van der Waals surface area contributed by atoms with Crippen molar-refractivity contribution in [2.45, 2.75) is 45.3 Å². The zero-order chi connectivity index (χ0) is 19.4. The Morgan fingerprint density at radius 2 is 1.59 bits per heavy atom. The van der Waals surface area contributed by atoms with Gasteiger partial charge in [0.1, 0.15) is 17.4 Å². The fourth-order valence-electron chi connectivity index (χ4n) is 3.34. The zero-order valence-corrected chi connectivity index (χ0v) is 16.3. The average Bonchev–Trinajstić information content (AvgIpc) is 3.10. The van der Waals surface area contributed by atoms with E-state index in [1.54, 1.807) is 0 Å². The maximum Gasteiger partial charge on any atom is 0.240 e. The molecule has 0 aliphatic carbocycles. The van der Waals surface area contributed by atoms with E-state index in [4.69, 9.17) is 10.5 Å². The molecule has 1 amide bonds. The number of amides is 1. The van der Waals surface area contributed by atoms with Crippen molar-refractivity contribution in [2.75, 3.05) is 11.4 Å². The van der Waals surface area contributed by atoms with Crippen LogP contribution in [-0.2, 0) is 4.79 Å². The van der Waals surface area contributed by atoms with Crippen LogP contribution in [0.2, 0.25) is 0 Å². The van der Waals surface area contributed by atoms with Crippen LogP contribution in [0.3, 0.4) is 0 Å². The Hall–Kier alpha value is -2.75. The number of carbonyl (C=O) groups excluding carboxylic acids is 1. The minimum absolute atomic E-state index is 0.180. The van der Waals surface area contributed by atoms with Crippen molar-refractivity contribution in [2.24, 2.45) is 5.73 Å². The van der Waals surface area contributed by atoms with Crippen LogP contribution in [0, 0.1) is 0 Å². The third kappa shape index (κ3) is 5.13. The Bertz CT molecular complexity index is 802. The Balaban J connectivity index is 1.65. The predicted octanol–water partition coefficient (Wildman–Crippen LogP) is 4.49. The Morgan fingerprint density at radius 1 is 1.04 bits per heavy atom. The van der Waals surface area contributed by atoms with Gasteiger partial charge in [-0.25, -0.2) is 0 Å². The summed E-state index contributed by atoms with van der Waals surface area (Å²) in [5.41, 5.74) is 8.61. The van der Waals surface area contributed by atoms with Gasteiger partial charge in [-0.2, -0.15) is 0 Å². The number of hydrogen-bond acceptors (Lipinski definition) is 3. The lowest BCUT2D eigenvalue weighted by atomic mass is 10.1. The van der Waals surface area contributed by atoms with E-state index >= 15 is 0 Å². The fraction of sp³-hybridized carbons (Fsp3) is 0.348. The second kappa shape index (κ2) is 7.87. The van der Waals surface area contributed by atoms with E-state index < -0.39 is 0 Å². The third-order valence-electron chi connectivity index (χ3n) is 4.58. The summed E-state index contributed by atoms with van der Waals surface area (Å²) < 4.78 is 5.85. The second-order valence-corrected chi connectivity index (χ2v) is 7.96. The van der Waals surface area contributed by atoms with Crippen LogP contribution in [0.15, 0.2) is 48.5 Å². The number of nitrogens with zero attached hydrogens (tertiary/aromatic N) is 1. The van der Waals surface area contributed by atoms with Gasteiger partial charge in [0, 0.05) is 12.2 Å². The van der Waals surface area contributed by atoms with Crippen LogP contribution in [0.1, 0.15) is 44.7 Å². The first-order valence-corrected chi connectivity index (χ1v) is 9.45. The van der Waals surface area contributed by atoms with Crippen LogP contribution in [0.5, 0.6) is 5.75 Å². The molecule has 0 bridgehead atoms. The Morgan fingerprint density at radius 3 is 2.11 bits per heavy atom. The van der Waals surface area contributed by atoms with Crippen molar-refractivity contribution in [3.8, 4) is 5.75 Å². The second-order valence-electron chi connectivity index (χ2n) is 7.96. The van der Waals surface area contributed by atoms with Crippen molar-refractivity contribution in [3.05, 3.63) is 59.7 Å². The number of rotatable bonds is 5. The summed E-state index contributed by atoms with van der Waals surface area (Å²) >= 11 is 0. The number of anilines is 1. The number of nitrogens with two attached hydrogens (primary N) is 1. The van der Waals surface area contributed by atoms with Gasteiger partial charge in [0.05, 0.1) is 0 Å². The van der Waals surface area contributed by atoms with Gasteiger partial charge in [-0.3, -0.25) is 4.79 Å². The molecule has 1 atom stereocenters. The number of carbonyl (C=O) groups is 1. The summed E-state index contributed by atoms with van der Waals surface area (Å²) in [5.74, 6) is 0.633. The van der Waals surface area contributed by atoms with Crippen molar-refractivity contribution in [3.63, 3.8) is 0 Å². The lowest BCUT2D eigenvalue weighted by Gasteiger charge is -2.24. The highest BCUT2D eigenvalue weighted by molar-refractivity contribution is 5.84. The number of hydrogen-bond donors (Lipinski definition) is 1. The van der Waals surface area contributed by atoms with E-state index in [1.807, 2.05) is 45.0 Å². The Labute approximate surface area is 161 Å². The molecule has 1 aliphatic rings. The van der Waals surface area contributed by atoms with Gasteiger partial charge < -0.3 is 15.4 Å². The highest BCUT2D eigenvalue weighted by Gasteiger charge is 2.28. The summed E-state index contributed by atoms with van der Waals surface area (Å²) in [6.45, 7) is 7.00. The number of primary amides is 1. The number of benzene rings is 2. The molecule has 0 saturated carbocycles. The molecule has 4 heteroatoms. The summed E-state index contributed by atoms with van der Waals surface area (Å²) in [4.78, 5) is 13.7. The third-order valence-corrected chi connectivity index (χ3v) is 4.58. The molecular formula is C23H28N2O2. The molecule has 142 valence electrons. The van der Waals surface area contributed by atoms with Crippen molar-refractivity contribution < 1.29 is 9.53 Å². The first kappa shape index (κ1) is 19.0. The van der Waals surface area contributed by atoms with Gasteiger partial charge in [0.2, 0.25) is 5.91 Å². The van der Waals surface area contributed by atoms with Crippen LogP contribution in [0.25, 0.3) is 12.2 Å². The van der Waals surface area contributed by atoms with Gasteiger partial charge in [-0.05, 0) is 69.0 Å². The van der Waals surface area contributed by atoms with Crippen LogP contribution in [-0.4, -0.2) is 24.1 Å². The van der Waals surface area contributed by atoms with E-state index in [0.717, 1.165) is 42.0 Å². The minimum atomic E-state index is -0.240. The fourth-order valence-corrected chi connectivity index (χ4v) is 3.34. The van der Waals surface area contributed by atoms with Crippen molar-refractivity contribution in [1.82, 2.24) is 0 Å². The molecule has 1 aliphatic heterocycles. The molecule has 0 spiro atoms. The predicted molar refractivity (Wildman–Crippen MR) is 112 cm³/mol. The maximum absolute atomic E-state index is 11.6. The molecular weight excluding hydrogens is 336 g/mol. The zero-order valence-electron chi connectivity index (χ0n) is 16.3. The molecule has 2 N–H and O–H groups in total. The van der Waals surface area contributed by atoms with Crippen molar-refractivity contribution in [1.29, 1.82) is 0 Å². The molecule has 1 fully saturated rings. The summed E-state index contributed by atoms with van der Waals surface area (Å²) in [7, 11) is 0. The molecule has 1 saturated heterocycles. The molecule has 0 radical (unpaired) electrons. The van der Waals surface area contributed by atoms with Gasteiger partial charge in [0.25, 0.3) is 0 Å². The SMILES string of the molecule is CC(C)(C)Oc1ccc(/C=C/c2ccc(N3CCC[C@@H]3C(N)=O)cc2)cc1. The first-order valence-electron chi connectivity index (χ1n) is 9.45. The van der Waals surface area contributed by atoms with Gasteiger partial charge in [-0.15, -0.1) is 0 Å². The van der Waals surface area contributed by atoms with Crippen LogP contribution in [0.4, 0.5) is 5.69 Å². The van der Waals surface area contributed by atoms with Gasteiger partial charge in [0.15, 0.2) is 0 Å². The smallest absolute Gasteiger partial charge is 0.240 e. The molecule has 0 unspecified atom stereocenters. The summed E-state index contributed by atoms with van der Waals surface area (Å²) in [6.07, 6.45) is 6.01. The molecule has 4 nitrogen and oxygen atoms in total. The molecule has 2 aromatic rings. The van der Waals surface area contributed by atoms with E-state index in [-0.39, 0.29) is 17.6 Å². The maximum atomic E-state index is 11.6. The standard InChI is InChI=1S/C23H28N2O2/c1-23(2,3)27-20-14-10-18(11-15-20)7-6-17-8-12-19(13-9-17)25-16-4-5-21(25)22(24)26/h6-15,21H,4-5,16H2,1-3H3,(H2,24,26)/b7-6+/t21-/m1/s1. The molecule has 2 aromatic carbocycles. The van der Waals surface area contributed by atoms with E-state index in [0.29, 0.717) is 0 Å². The lowest BCUT2D eigenvalue weighted by molar-refractivity contribution is -0.119. The molecule has 0 aromatic heterocycles.